The number of aliphatic hydroxyl groups excluding tert-OH is 5. The molecule has 1 heterocycles. The van der Waals surface area contributed by atoms with Crippen LogP contribution in [0.1, 0.15) is 258 Å². The van der Waals surface area contributed by atoms with Gasteiger partial charge in [-0.1, -0.05) is 223 Å². The average Bonchev–Trinajstić information content (AvgIpc) is 3.37. The monoisotopic (exact) mass is 1000 g/mol. The first-order valence-corrected chi connectivity index (χ1v) is 29.4. The lowest BCUT2D eigenvalue weighted by Gasteiger charge is -2.41. The second kappa shape index (κ2) is 48.6. The maximum atomic E-state index is 13.3. The van der Waals surface area contributed by atoms with Crippen LogP contribution in [-0.2, 0) is 23.8 Å². The summed E-state index contributed by atoms with van der Waals surface area (Å²) in [6, 6.07) is -1.03. The maximum absolute atomic E-state index is 13.3. The lowest BCUT2D eigenvalue weighted by Crippen LogP contribution is -2.61. The number of ether oxygens (including phenoxy) is 3. The number of unbranched alkanes of at least 4 members (excludes halogenated alkanes) is 29. The first-order valence-electron chi connectivity index (χ1n) is 29.4. The van der Waals surface area contributed by atoms with Crippen molar-refractivity contribution < 1.29 is 49.3 Å². The van der Waals surface area contributed by atoms with Crippen LogP contribution in [0.25, 0.3) is 0 Å². The third-order valence-electron chi connectivity index (χ3n) is 13.7. The molecule has 8 unspecified atom stereocenters. The van der Waals surface area contributed by atoms with Crippen LogP contribution in [0.4, 0.5) is 0 Å². The number of carbonyl (C=O) groups excluding carboxylic acids is 2. The Morgan fingerprint density at radius 2 is 0.986 bits per heavy atom. The molecule has 1 saturated heterocycles. The number of nitrogens with one attached hydrogen (secondary N) is 1. The van der Waals surface area contributed by atoms with Gasteiger partial charge in [-0.2, -0.15) is 0 Å². The summed E-state index contributed by atoms with van der Waals surface area (Å²) in [5.74, 6) is -1.21. The van der Waals surface area contributed by atoms with E-state index in [-0.39, 0.29) is 19.4 Å². The number of aliphatic hydroxyl groups is 5. The second-order valence-electron chi connectivity index (χ2n) is 20.4. The molecule has 0 spiro atoms. The van der Waals surface area contributed by atoms with Crippen LogP contribution in [0, 0.1) is 0 Å². The summed E-state index contributed by atoms with van der Waals surface area (Å²) in [7, 11) is 0. The first kappa shape index (κ1) is 66.6. The number of hydrogen-bond donors (Lipinski definition) is 6. The van der Waals surface area contributed by atoms with Gasteiger partial charge in [0.2, 0.25) is 5.91 Å². The van der Waals surface area contributed by atoms with Gasteiger partial charge in [0.05, 0.1) is 25.4 Å². The zero-order valence-electron chi connectivity index (χ0n) is 45.6. The molecule has 0 aromatic heterocycles. The molecule has 71 heavy (non-hydrogen) atoms. The van der Waals surface area contributed by atoms with Gasteiger partial charge in [0.1, 0.15) is 24.4 Å². The van der Waals surface area contributed by atoms with Gasteiger partial charge in [-0.25, -0.2) is 0 Å². The van der Waals surface area contributed by atoms with Crippen LogP contribution in [-0.4, -0.2) is 99.6 Å². The predicted octanol–water partition coefficient (Wildman–Crippen LogP) is 13.3. The molecule has 1 rings (SSSR count). The van der Waals surface area contributed by atoms with E-state index >= 15 is 0 Å². The summed E-state index contributed by atoms with van der Waals surface area (Å²) in [6.45, 7) is 5.71. The van der Waals surface area contributed by atoms with Crippen molar-refractivity contribution in [2.45, 2.75) is 307 Å². The van der Waals surface area contributed by atoms with E-state index in [0.29, 0.717) is 12.8 Å². The number of amides is 1. The highest BCUT2D eigenvalue weighted by Crippen LogP contribution is 2.26. The van der Waals surface area contributed by atoms with Crippen LogP contribution in [0.2, 0.25) is 0 Å². The van der Waals surface area contributed by atoms with Crippen LogP contribution >= 0.6 is 0 Å². The highest BCUT2D eigenvalue weighted by atomic mass is 16.7. The fourth-order valence-electron chi connectivity index (χ4n) is 8.96. The topological polar surface area (TPSA) is 175 Å². The van der Waals surface area contributed by atoms with E-state index in [1.807, 2.05) is 6.08 Å². The standard InChI is InChI=1S/C60H109NO10/c1-4-7-10-13-16-19-22-24-25-26-27-28-29-31-33-36-39-42-45-48-55(65)71-58-57(67)56(66)54(49-62)70-60(58)69-50-51(52(63)46-43-40-37-35-32-30-23-20-17-14-11-8-5-2)61-59(68)53(64)47-44-41-38-34-21-18-15-12-9-6-3/h15-16,18-19,24-25,43,46,51-54,56-58,60,62-64,66-67H,4-14,17,20-23,26-42,44-45,47-50H2,1-3H3,(H,61,68)/b18-15-,19-16-,25-24-,46-43+. The molecular weight excluding hydrogens is 895 g/mol. The van der Waals surface area contributed by atoms with Crippen LogP contribution < -0.4 is 5.32 Å². The summed E-state index contributed by atoms with van der Waals surface area (Å²) >= 11 is 0. The smallest absolute Gasteiger partial charge is 0.306 e. The Labute approximate surface area is 434 Å². The molecule has 0 bridgehead atoms. The van der Waals surface area contributed by atoms with E-state index in [9.17, 15) is 35.1 Å². The van der Waals surface area contributed by atoms with Gasteiger partial charge in [-0.15, -0.1) is 0 Å². The van der Waals surface area contributed by atoms with Crippen molar-refractivity contribution >= 4 is 11.9 Å². The molecule has 1 aliphatic rings. The zero-order valence-corrected chi connectivity index (χ0v) is 45.6. The zero-order chi connectivity index (χ0) is 51.8. The Morgan fingerprint density at radius 1 is 0.549 bits per heavy atom. The fraction of sp³-hybridized carbons (Fsp3) is 0.833. The van der Waals surface area contributed by atoms with Crippen LogP contribution in [0.15, 0.2) is 48.6 Å². The third kappa shape index (κ3) is 37.1. The summed E-state index contributed by atoms with van der Waals surface area (Å²) < 4.78 is 17.6. The van der Waals surface area contributed by atoms with Gasteiger partial charge in [0, 0.05) is 6.42 Å². The summed E-state index contributed by atoms with van der Waals surface area (Å²) in [5, 5.41) is 56.8. The van der Waals surface area contributed by atoms with Gasteiger partial charge in [-0.3, -0.25) is 9.59 Å². The minimum Gasteiger partial charge on any atom is -0.454 e. The Morgan fingerprint density at radius 3 is 1.52 bits per heavy atom. The highest BCUT2D eigenvalue weighted by Gasteiger charge is 2.47. The van der Waals surface area contributed by atoms with Gasteiger partial charge in [0.15, 0.2) is 12.4 Å². The molecule has 0 saturated carbocycles. The molecule has 11 heteroatoms. The van der Waals surface area contributed by atoms with Crippen molar-refractivity contribution in [3.05, 3.63) is 48.6 Å². The number of carbonyl (C=O) groups is 2. The van der Waals surface area contributed by atoms with E-state index < -0.39 is 67.4 Å². The number of rotatable bonds is 49. The van der Waals surface area contributed by atoms with E-state index in [1.54, 1.807) is 6.08 Å². The predicted molar refractivity (Wildman–Crippen MR) is 292 cm³/mol. The number of allylic oxidation sites excluding steroid dienone is 7. The Bertz CT molecular complexity index is 1340. The third-order valence-corrected chi connectivity index (χ3v) is 13.7. The molecule has 0 aromatic carbocycles. The van der Waals surface area contributed by atoms with Gasteiger partial charge < -0.3 is 45.1 Å². The molecule has 1 fully saturated rings. The molecule has 11 nitrogen and oxygen atoms in total. The quantitative estimate of drug-likeness (QED) is 0.0195. The van der Waals surface area contributed by atoms with Crippen molar-refractivity contribution in [1.29, 1.82) is 0 Å². The van der Waals surface area contributed by atoms with Crippen molar-refractivity contribution in [2.75, 3.05) is 13.2 Å². The van der Waals surface area contributed by atoms with E-state index in [4.69, 9.17) is 14.2 Å². The van der Waals surface area contributed by atoms with Crippen molar-refractivity contribution in [1.82, 2.24) is 5.32 Å². The average molecular weight is 1000 g/mol. The molecule has 8 atom stereocenters. The maximum Gasteiger partial charge on any atom is 0.306 e. The summed E-state index contributed by atoms with van der Waals surface area (Å²) in [5.41, 5.74) is 0. The second-order valence-corrected chi connectivity index (χ2v) is 20.4. The minimum absolute atomic E-state index is 0.118. The molecule has 1 aliphatic heterocycles. The van der Waals surface area contributed by atoms with Crippen molar-refractivity contribution in [3.63, 3.8) is 0 Å². The van der Waals surface area contributed by atoms with Gasteiger partial charge in [-0.05, 0) is 77.0 Å². The van der Waals surface area contributed by atoms with Crippen LogP contribution in [0.5, 0.6) is 0 Å². The molecule has 414 valence electrons. The normalized spacial score (nSPS) is 19.9. The SMILES string of the molecule is CCCC/C=C\CCCCCCC(O)C(=O)NC(COC1OC(CO)C(O)C(O)C1OC(=O)CCCCCCCCCCC/C=C\C/C=C\CCCCC)C(O)/C=C/CCCCCCCCCCCCC. The molecule has 0 aromatic rings. The summed E-state index contributed by atoms with van der Waals surface area (Å²) in [4.78, 5) is 26.4. The number of hydrogen-bond acceptors (Lipinski definition) is 10. The Kier molecular flexibility index (Phi) is 45.6. The van der Waals surface area contributed by atoms with E-state index in [1.165, 1.54) is 128 Å². The fourth-order valence-corrected chi connectivity index (χ4v) is 8.96. The largest absolute Gasteiger partial charge is 0.454 e. The molecule has 0 aliphatic carbocycles. The van der Waals surface area contributed by atoms with Crippen molar-refractivity contribution in [2.24, 2.45) is 0 Å². The molecule has 1 amide bonds. The molecule has 0 radical (unpaired) electrons. The lowest BCUT2D eigenvalue weighted by molar-refractivity contribution is -0.305. The highest BCUT2D eigenvalue weighted by molar-refractivity contribution is 5.80. The molecular formula is C60H109NO10. The van der Waals surface area contributed by atoms with Gasteiger partial charge in [0.25, 0.3) is 0 Å². The summed E-state index contributed by atoms with van der Waals surface area (Å²) in [6.07, 6.45) is 47.3. The lowest BCUT2D eigenvalue weighted by atomic mass is 9.99. The number of esters is 1. The van der Waals surface area contributed by atoms with E-state index in [0.717, 1.165) is 83.5 Å². The van der Waals surface area contributed by atoms with Gasteiger partial charge >= 0.3 is 5.97 Å². The van der Waals surface area contributed by atoms with Crippen molar-refractivity contribution in [3.8, 4) is 0 Å². The van der Waals surface area contributed by atoms with Crippen LogP contribution in [0.3, 0.4) is 0 Å². The molecule has 6 N–H and O–H groups in total. The van der Waals surface area contributed by atoms with E-state index in [2.05, 4.69) is 62.5 Å². The Balaban J connectivity index is 2.69. The minimum atomic E-state index is -1.62. The first-order chi connectivity index (χ1) is 34.7. The Hall–Kier alpha value is -2.38.